The van der Waals surface area contributed by atoms with E-state index < -0.39 is 0 Å². The van der Waals surface area contributed by atoms with Gasteiger partial charge >= 0.3 is 0 Å². The van der Waals surface area contributed by atoms with Gasteiger partial charge in [-0.2, -0.15) is 0 Å². The SMILES string of the molecule is CCC(CC)(CCl)CNCC1CN(C)CCO1. The van der Waals surface area contributed by atoms with Crippen molar-refractivity contribution in [3.8, 4) is 0 Å². The van der Waals surface area contributed by atoms with Crippen LogP contribution in [0.4, 0.5) is 0 Å². The Bertz CT molecular complexity index is 201. The van der Waals surface area contributed by atoms with Crippen molar-refractivity contribution in [2.45, 2.75) is 32.8 Å². The number of halogens is 1. The summed E-state index contributed by atoms with van der Waals surface area (Å²) in [6.45, 7) is 9.29. The number of morpholine rings is 1. The van der Waals surface area contributed by atoms with Gasteiger partial charge in [0.25, 0.3) is 0 Å². The highest BCUT2D eigenvalue weighted by atomic mass is 35.5. The topological polar surface area (TPSA) is 24.5 Å². The summed E-state index contributed by atoms with van der Waals surface area (Å²) in [7, 11) is 2.15. The van der Waals surface area contributed by atoms with Gasteiger partial charge in [0.2, 0.25) is 0 Å². The van der Waals surface area contributed by atoms with Crippen molar-refractivity contribution in [3.05, 3.63) is 0 Å². The lowest BCUT2D eigenvalue weighted by molar-refractivity contribution is -0.0190. The first-order valence-electron chi connectivity index (χ1n) is 6.72. The predicted molar refractivity (Wildman–Crippen MR) is 73.8 cm³/mol. The van der Waals surface area contributed by atoms with Crippen molar-refractivity contribution in [3.63, 3.8) is 0 Å². The van der Waals surface area contributed by atoms with Crippen LogP contribution in [0.3, 0.4) is 0 Å². The molecule has 1 rings (SSSR count). The van der Waals surface area contributed by atoms with Gasteiger partial charge in [-0.25, -0.2) is 0 Å². The van der Waals surface area contributed by atoms with E-state index in [1.54, 1.807) is 0 Å². The molecule has 0 aromatic rings. The van der Waals surface area contributed by atoms with Crippen molar-refractivity contribution in [1.82, 2.24) is 10.2 Å². The smallest absolute Gasteiger partial charge is 0.0826 e. The Morgan fingerprint density at radius 1 is 1.41 bits per heavy atom. The molecule has 1 heterocycles. The molecule has 1 fully saturated rings. The van der Waals surface area contributed by atoms with E-state index in [1.807, 2.05) is 0 Å². The summed E-state index contributed by atoms with van der Waals surface area (Å²) in [5.74, 6) is 0.735. The van der Waals surface area contributed by atoms with Crippen LogP contribution in [0.15, 0.2) is 0 Å². The average Bonchev–Trinajstić information content (AvgIpc) is 2.35. The second-order valence-electron chi connectivity index (χ2n) is 5.23. The number of nitrogens with zero attached hydrogens (tertiary/aromatic N) is 1. The standard InChI is InChI=1S/C13H27ClN2O/c1-4-13(5-2,10-14)11-15-8-12-9-16(3)6-7-17-12/h12,15H,4-11H2,1-3H3. The number of nitrogens with one attached hydrogen (secondary N) is 1. The van der Waals surface area contributed by atoms with E-state index >= 15 is 0 Å². The zero-order valence-electron chi connectivity index (χ0n) is 11.5. The molecule has 1 atom stereocenters. The molecular weight excluding hydrogens is 236 g/mol. The number of ether oxygens (including phenoxy) is 1. The fourth-order valence-electron chi connectivity index (χ4n) is 2.22. The van der Waals surface area contributed by atoms with Gasteiger partial charge in [0.15, 0.2) is 0 Å². The molecule has 0 saturated carbocycles. The summed E-state index contributed by atoms with van der Waals surface area (Å²) < 4.78 is 5.73. The molecule has 4 heteroatoms. The molecule has 1 N–H and O–H groups in total. The van der Waals surface area contributed by atoms with Crippen LogP contribution in [0.2, 0.25) is 0 Å². The maximum Gasteiger partial charge on any atom is 0.0826 e. The van der Waals surface area contributed by atoms with Crippen LogP contribution in [0, 0.1) is 5.41 Å². The maximum absolute atomic E-state index is 6.09. The van der Waals surface area contributed by atoms with Gasteiger partial charge in [-0.15, -0.1) is 11.6 Å². The molecule has 3 nitrogen and oxygen atoms in total. The Labute approximate surface area is 111 Å². The van der Waals surface area contributed by atoms with Crippen molar-refractivity contribution < 1.29 is 4.74 Å². The highest BCUT2D eigenvalue weighted by Crippen LogP contribution is 2.26. The fourth-order valence-corrected chi connectivity index (χ4v) is 2.70. The molecule has 0 bridgehead atoms. The molecule has 0 aromatic carbocycles. The Kier molecular flexibility index (Phi) is 6.78. The lowest BCUT2D eigenvalue weighted by Crippen LogP contribution is -2.46. The molecule has 0 amide bonds. The third-order valence-electron chi connectivity index (χ3n) is 4.00. The summed E-state index contributed by atoms with van der Waals surface area (Å²) in [6, 6.07) is 0. The number of rotatable bonds is 7. The molecule has 1 aliphatic heterocycles. The summed E-state index contributed by atoms with van der Waals surface area (Å²) in [4.78, 5) is 2.32. The first kappa shape index (κ1) is 15.2. The van der Waals surface area contributed by atoms with Crippen LogP contribution in [-0.4, -0.2) is 56.7 Å². The van der Waals surface area contributed by atoms with Crippen LogP contribution in [-0.2, 0) is 4.74 Å². The molecule has 0 aromatic heterocycles. The van der Waals surface area contributed by atoms with E-state index in [9.17, 15) is 0 Å². The van der Waals surface area contributed by atoms with Gasteiger partial charge in [-0.1, -0.05) is 13.8 Å². The second kappa shape index (κ2) is 7.57. The first-order valence-corrected chi connectivity index (χ1v) is 7.26. The molecule has 1 saturated heterocycles. The van der Waals surface area contributed by atoms with E-state index in [4.69, 9.17) is 16.3 Å². The average molecular weight is 263 g/mol. The minimum Gasteiger partial charge on any atom is -0.374 e. The molecule has 1 aliphatic rings. The maximum atomic E-state index is 6.09. The van der Waals surface area contributed by atoms with Crippen LogP contribution in [0.5, 0.6) is 0 Å². The minimum absolute atomic E-state index is 0.252. The summed E-state index contributed by atoms with van der Waals surface area (Å²) in [5.41, 5.74) is 0.252. The Morgan fingerprint density at radius 3 is 2.65 bits per heavy atom. The minimum atomic E-state index is 0.252. The Morgan fingerprint density at radius 2 is 2.12 bits per heavy atom. The van der Waals surface area contributed by atoms with Gasteiger partial charge in [-0.3, -0.25) is 0 Å². The molecule has 102 valence electrons. The van der Waals surface area contributed by atoms with Crippen molar-refractivity contribution in [1.29, 1.82) is 0 Å². The molecule has 17 heavy (non-hydrogen) atoms. The summed E-state index contributed by atoms with van der Waals surface area (Å²) in [5, 5.41) is 3.53. The third-order valence-corrected chi connectivity index (χ3v) is 4.56. The van der Waals surface area contributed by atoms with Crippen molar-refractivity contribution in [2.75, 3.05) is 45.7 Å². The van der Waals surface area contributed by atoms with Gasteiger partial charge in [0.1, 0.15) is 0 Å². The monoisotopic (exact) mass is 262 g/mol. The zero-order valence-corrected chi connectivity index (χ0v) is 12.2. The van der Waals surface area contributed by atoms with E-state index in [0.29, 0.717) is 6.10 Å². The van der Waals surface area contributed by atoms with Gasteiger partial charge in [0, 0.05) is 32.1 Å². The van der Waals surface area contributed by atoms with E-state index in [0.717, 1.165) is 51.5 Å². The summed E-state index contributed by atoms with van der Waals surface area (Å²) >= 11 is 6.09. The van der Waals surface area contributed by atoms with E-state index in [2.05, 4.69) is 31.1 Å². The lowest BCUT2D eigenvalue weighted by atomic mass is 9.84. The number of likely N-dealkylation sites (N-methyl/N-ethyl adjacent to an activating group) is 1. The normalized spacial score (nSPS) is 22.9. The number of alkyl halides is 1. The quantitative estimate of drug-likeness (QED) is 0.710. The highest BCUT2D eigenvalue weighted by molar-refractivity contribution is 6.18. The molecule has 0 radical (unpaired) electrons. The van der Waals surface area contributed by atoms with Gasteiger partial charge in [0.05, 0.1) is 12.7 Å². The van der Waals surface area contributed by atoms with Crippen molar-refractivity contribution >= 4 is 11.6 Å². The zero-order chi connectivity index (χ0) is 12.7. The predicted octanol–water partition coefficient (Wildman–Crippen LogP) is 1.95. The van der Waals surface area contributed by atoms with E-state index in [-0.39, 0.29) is 5.41 Å². The molecular formula is C13H27ClN2O. The number of hydrogen-bond acceptors (Lipinski definition) is 3. The first-order chi connectivity index (χ1) is 8.15. The fraction of sp³-hybridized carbons (Fsp3) is 1.00. The van der Waals surface area contributed by atoms with Crippen LogP contribution >= 0.6 is 11.6 Å². The summed E-state index contributed by atoms with van der Waals surface area (Å²) in [6.07, 6.45) is 2.59. The molecule has 0 spiro atoms. The number of hydrogen-bond donors (Lipinski definition) is 1. The van der Waals surface area contributed by atoms with Gasteiger partial charge in [-0.05, 0) is 25.3 Å². The van der Waals surface area contributed by atoms with Crippen LogP contribution in [0.1, 0.15) is 26.7 Å². The van der Waals surface area contributed by atoms with Gasteiger partial charge < -0.3 is 15.0 Å². The van der Waals surface area contributed by atoms with E-state index in [1.165, 1.54) is 0 Å². The largest absolute Gasteiger partial charge is 0.374 e. The highest BCUT2D eigenvalue weighted by Gasteiger charge is 2.25. The van der Waals surface area contributed by atoms with Crippen molar-refractivity contribution in [2.24, 2.45) is 5.41 Å². The molecule has 0 aliphatic carbocycles. The van der Waals surface area contributed by atoms with Crippen LogP contribution in [0.25, 0.3) is 0 Å². The Balaban J connectivity index is 2.26. The third kappa shape index (κ3) is 4.74. The molecule has 1 unspecified atom stereocenters. The lowest BCUT2D eigenvalue weighted by Gasteiger charge is -2.33. The van der Waals surface area contributed by atoms with Crippen LogP contribution < -0.4 is 5.32 Å². The Hall–Kier alpha value is 0.170. The second-order valence-corrected chi connectivity index (χ2v) is 5.49.